The second kappa shape index (κ2) is 1.97. The number of fused-ring (bicyclic) bond motifs is 1. The van der Waals surface area contributed by atoms with Crippen molar-refractivity contribution in [2.75, 3.05) is 0 Å². The number of ketones is 1. The third-order valence-electron chi connectivity index (χ3n) is 2.42. The van der Waals surface area contributed by atoms with Gasteiger partial charge in [0.2, 0.25) is 0 Å². The number of hydrogen-bond donors (Lipinski definition) is 0. The van der Waals surface area contributed by atoms with Gasteiger partial charge in [-0.2, -0.15) is 0 Å². The third-order valence-corrected chi connectivity index (χ3v) is 2.42. The number of Topliss-reactive ketones (excluding diaryl/α,β-unsaturated/α-hetero) is 1. The third kappa shape index (κ3) is 0.821. The van der Waals surface area contributed by atoms with Crippen LogP contribution in [0.5, 0.6) is 0 Å². The molecule has 11 heavy (non-hydrogen) atoms. The van der Waals surface area contributed by atoms with E-state index in [4.69, 9.17) is 0 Å². The molecule has 0 fully saturated rings. The average molecular weight is 149 g/mol. The summed E-state index contributed by atoms with van der Waals surface area (Å²) in [6, 6.07) is 2.11. The van der Waals surface area contributed by atoms with Crippen LogP contribution in [0.25, 0.3) is 0 Å². The zero-order valence-corrected chi connectivity index (χ0v) is 6.85. The Hall–Kier alpha value is -1.05. The van der Waals surface area contributed by atoms with Crippen molar-refractivity contribution in [2.24, 2.45) is 0 Å². The molecule has 0 aliphatic carbocycles. The minimum atomic E-state index is 0.336. The number of carbonyl (C=O) groups is 1. The fourth-order valence-electron chi connectivity index (χ4n) is 1.66. The monoisotopic (exact) mass is 149 g/mol. The van der Waals surface area contributed by atoms with Crippen LogP contribution in [-0.4, -0.2) is 10.4 Å². The zero-order chi connectivity index (χ0) is 8.01. The Morgan fingerprint density at radius 3 is 2.82 bits per heavy atom. The maximum absolute atomic E-state index is 11.0. The van der Waals surface area contributed by atoms with Crippen LogP contribution in [0, 0.1) is 13.8 Å². The maximum Gasteiger partial charge on any atom is 0.158 e. The Bertz CT molecular complexity index is 323. The molecule has 0 radical (unpaired) electrons. The van der Waals surface area contributed by atoms with Gasteiger partial charge >= 0.3 is 0 Å². The molecular weight excluding hydrogens is 138 g/mol. The van der Waals surface area contributed by atoms with E-state index in [1.54, 1.807) is 0 Å². The Labute approximate surface area is 65.8 Å². The number of carbonyl (C=O) groups excluding carboxylic acids is 1. The van der Waals surface area contributed by atoms with Gasteiger partial charge in [-0.3, -0.25) is 4.79 Å². The molecule has 1 aromatic heterocycles. The lowest BCUT2D eigenvalue weighted by molar-refractivity contribution is -0.117. The summed E-state index contributed by atoms with van der Waals surface area (Å²) in [4.78, 5) is 11.0. The Morgan fingerprint density at radius 1 is 1.45 bits per heavy atom. The molecular formula is C9H11NO. The lowest BCUT2D eigenvalue weighted by Gasteiger charge is -1.98. The van der Waals surface area contributed by atoms with Gasteiger partial charge in [0.15, 0.2) is 5.78 Å². The van der Waals surface area contributed by atoms with Crippen molar-refractivity contribution in [3.8, 4) is 0 Å². The van der Waals surface area contributed by atoms with E-state index in [1.807, 2.05) is 0 Å². The van der Waals surface area contributed by atoms with E-state index in [0.717, 1.165) is 0 Å². The van der Waals surface area contributed by atoms with Gasteiger partial charge in [-0.25, -0.2) is 0 Å². The van der Waals surface area contributed by atoms with E-state index in [0.29, 0.717) is 18.7 Å². The van der Waals surface area contributed by atoms with Gasteiger partial charge in [-0.1, -0.05) is 0 Å². The first-order chi connectivity index (χ1) is 5.18. The van der Waals surface area contributed by atoms with Crippen molar-refractivity contribution >= 4 is 5.78 Å². The fraction of sp³-hybridized carbons (Fsp3) is 0.444. The van der Waals surface area contributed by atoms with Gasteiger partial charge in [-0.15, -0.1) is 0 Å². The summed E-state index contributed by atoms with van der Waals surface area (Å²) in [5.41, 5.74) is 3.73. The highest BCUT2D eigenvalue weighted by Gasteiger charge is 2.20. The summed E-state index contributed by atoms with van der Waals surface area (Å²) in [5.74, 6) is 0.336. The maximum atomic E-state index is 11.0. The molecule has 0 spiro atoms. The molecule has 0 saturated heterocycles. The molecule has 0 bridgehead atoms. The van der Waals surface area contributed by atoms with Crippen LogP contribution < -0.4 is 0 Å². The fourth-order valence-corrected chi connectivity index (χ4v) is 1.66. The second-order valence-electron chi connectivity index (χ2n) is 3.21. The number of nitrogens with zero attached hydrogens (tertiary/aromatic N) is 1. The predicted octanol–water partition coefficient (Wildman–Crippen LogP) is 1.23. The van der Waals surface area contributed by atoms with Gasteiger partial charge in [0.05, 0.1) is 6.54 Å². The summed E-state index contributed by atoms with van der Waals surface area (Å²) in [6.45, 7) is 4.75. The van der Waals surface area contributed by atoms with Crippen molar-refractivity contribution in [2.45, 2.75) is 26.8 Å². The SMILES string of the molecule is Cc1cc2n(c1C)CC(=O)C2. The van der Waals surface area contributed by atoms with Gasteiger partial charge in [0.1, 0.15) is 0 Å². The van der Waals surface area contributed by atoms with Crippen molar-refractivity contribution in [3.05, 3.63) is 23.0 Å². The van der Waals surface area contributed by atoms with Crippen LogP contribution in [0.15, 0.2) is 6.07 Å². The van der Waals surface area contributed by atoms with Crippen molar-refractivity contribution in [3.63, 3.8) is 0 Å². The first kappa shape index (κ1) is 6.65. The standard InChI is InChI=1S/C9H11NO/c1-6-3-8-4-9(11)5-10(8)7(6)2/h3H,4-5H2,1-2H3. The summed E-state index contributed by atoms with van der Waals surface area (Å²) < 4.78 is 2.11. The van der Waals surface area contributed by atoms with Crippen LogP contribution in [0.3, 0.4) is 0 Å². The van der Waals surface area contributed by atoms with Crippen molar-refractivity contribution in [1.29, 1.82) is 0 Å². The molecule has 1 aliphatic heterocycles. The quantitative estimate of drug-likeness (QED) is 0.543. The molecule has 1 aromatic rings. The van der Waals surface area contributed by atoms with E-state index in [-0.39, 0.29) is 0 Å². The lowest BCUT2D eigenvalue weighted by atomic mass is 10.2. The first-order valence-electron chi connectivity index (χ1n) is 3.86. The summed E-state index contributed by atoms with van der Waals surface area (Å²) in [7, 11) is 0. The molecule has 2 rings (SSSR count). The molecule has 0 atom stereocenters. The smallest absolute Gasteiger partial charge is 0.158 e. The second-order valence-corrected chi connectivity index (χ2v) is 3.21. The van der Waals surface area contributed by atoms with Gasteiger partial charge in [-0.05, 0) is 25.5 Å². The molecule has 58 valence electrons. The molecule has 0 N–H and O–H groups in total. The van der Waals surface area contributed by atoms with Crippen molar-refractivity contribution < 1.29 is 4.79 Å². The number of hydrogen-bond acceptors (Lipinski definition) is 1. The first-order valence-corrected chi connectivity index (χ1v) is 3.86. The topological polar surface area (TPSA) is 22.0 Å². The lowest BCUT2D eigenvalue weighted by Crippen LogP contribution is -2.01. The van der Waals surface area contributed by atoms with Crippen LogP contribution in [0.4, 0.5) is 0 Å². The molecule has 1 aliphatic rings. The molecule has 0 unspecified atom stereocenters. The van der Waals surface area contributed by atoms with Crippen LogP contribution in [-0.2, 0) is 17.8 Å². The van der Waals surface area contributed by atoms with Gasteiger partial charge in [0, 0.05) is 17.8 Å². The van der Waals surface area contributed by atoms with E-state index in [1.165, 1.54) is 17.0 Å². The normalized spacial score (nSPS) is 15.6. The predicted molar refractivity (Wildman–Crippen MR) is 42.6 cm³/mol. The van der Waals surface area contributed by atoms with Crippen LogP contribution >= 0.6 is 0 Å². The summed E-state index contributed by atoms with van der Waals surface area (Å²) in [6.07, 6.45) is 0.634. The van der Waals surface area contributed by atoms with E-state index >= 15 is 0 Å². The summed E-state index contributed by atoms with van der Waals surface area (Å²) in [5, 5.41) is 0. The molecule has 2 heteroatoms. The largest absolute Gasteiger partial charge is 0.341 e. The van der Waals surface area contributed by atoms with Crippen molar-refractivity contribution in [1.82, 2.24) is 4.57 Å². The molecule has 0 aromatic carbocycles. The minimum Gasteiger partial charge on any atom is -0.341 e. The highest BCUT2D eigenvalue weighted by Crippen LogP contribution is 2.19. The Kier molecular flexibility index (Phi) is 1.19. The zero-order valence-electron chi connectivity index (χ0n) is 6.85. The molecule has 0 saturated carbocycles. The van der Waals surface area contributed by atoms with Gasteiger partial charge < -0.3 is 4.57 Å². The number of rotatable bonds is 0. The minimum absolute atomic E-state index is 0.336. The highest BCUT2D eigenvalue weighted by molar-refractivity contribution is 5.83. The molecule has 0 amide bonds. The molecule has 2 heterocycles. The van der Waals surface area contributed by atoms with E-state index in [2.05, 4.69) is 24.5 Å². The summed E-state index contributed by atoms with van der Waals surface area (Å²) >= 11 is 0. The number of aryl methyl sites for hydroxylation is 1. The molecule has 2 nitrogen and oxygen atoms in total. The highest BCUT2D eigenvalue weighted by atomic mass is 16.1. The van der Waals surface area contributed by atoms with Crippen LogP contribution in [0.2, 0.25) is 0 Å². The Balaban J connectivity index is 2.56. The average Bonchev–Trinajstić information content (AvgIpc) is 2.37. The Morgan fingerprint density at radius 2 is 2.18 bits per heavy atom. The van der Waals surface area contributed by atoms with E-state index in [9.17, 15) is 4.79 Å². The van der Waals surface area contributed by atoms with Gasteiger partial charge in [0.25, 0.3) is 0 Å². The van der Waals surface area contributed by atoms with Crippen LogP contribution in [0.1, 0.15) is 17.0 Å². The van der Waals surface area contributed by atoms with E-state index < -0.39 is 0 Å². The number of aromatic nitrogens is 1.